The molecule has 136 valence electrons. The zero-order chi connectivity index (χ0) is 17.8. The SMILES string of the molecule is CC(C)(C)c1nn(C2CCCC2)cc1S(=O)(=O)N1COCC1(C)C. The van der Waals surface area contributed by atoms with Crippen LogP contribution in [-0.4, -0.2) is 41.4 Å². The Bertz CT molecular complexity index is 710. The molecule has 2 heterocycles. The Labute approximate surface area is 145 Å². The van der Waals surface area contributed by atoms with Crippen molar-refractivity contribution in [2.24, 2.45) is 0 Å². The van der Waals surface area contributed by atoms with Gasteiger partial charge in [-0.25, -0.2) is 8.42 Å². The summed E-state index contributed by atoms with van der Waals surface area (Å²) in [6.45, 7) is 10.4. The number of hydrogen-bond acceptors (Lipinski definition) is 4. The molecule has 0 amide bonds. The van der Waals surface area contributed by atoms with Gasteiger partial charge in [0.1, 0.15) is 11.6 Å². The molecule has 1 aliphatic carbocycles. The van der Waals surface area contributed by atoms with Gasteiger partial charge in [-0.05, 0) is 26.7 Å². The Hall–Kier alpha value is -0.920. The summed E-state index contributed by atoms with van der Waals surface area (Å²) in [6.07, 6.45) is 6.27. The summed E-state index contributed by atoms with van der Waals surface area (Å²) in [5.74, 6) is 0. The van der Waals surface area contributed by atoms with Crippen molar-refractivity contribution >= 4 is 10.0 Å². The van der Waals surface area contributed by atoms with Gasteiger partial charge in [-0.15, -0.1) is 0 Å². The molecule has 24 heavy (non-hydrogen) atoms. The van der Waals surface area contributed by atoms with E-state index in [1.54, 1.807) is 6.20 Å². The minimum Gasteiger partial charge on any atom is -0.363 e. The maximum Gasteiger partial charge on any atom is 0.249 e. The first-order chi connectivity index (χ1) is 11.0. The third kappa shape index (κ3) is 3.02. The van der Waals surface area contributed by atoms with Crippen LogP contribution in [0.3, 0.4) is 0 Å². The van der Waals surface area contributed by atoms with Gasteiger partial charge >= 0.3 is 0 Å². The molecule has 1 saturated heterocycles. The largest absolute Gasteiger partial charge is 0.363 e. The van der Waals surface area contributed by atoms with Crippen molar-refractivity contribution in [2.75, 3.05) is 13.3 Å². The summed E-state index contributed by atoms with van der Waals surface area (Å²) in [6, 6.07) is 0.317. The van der Waals surface area contributed by atoms with Gasteiger partial charge in [0.25, 0.3) is 0 Å². The van der Waals surface area contributed by atoms with E-state index < -0.39 is 15.6 Å². The summed E-state index contributed by atoms with van der Waals surface area (Å²) >= 11 is 0. The van der Waals surface area contributed by atoms with Crippen molar-refractivity contribution in [1.29, 1.82) is 0 Å². The predicted molar refractivity (Wildman–Crippen MR) is 92.4 cm³/mol. The molecule has 0 spiro atoms. The third-order valence-corrected chi connectivity index (χ3v) is 7.05. The molecule has 0 N–H and O–H groups in total. The van der Waals surface area contributed by atoms with E-state index in [1.807, 2.05) is 39.3 Å². The first-order valence-corrected chi connectivity index (χ1v) is 10.2. The molecule has 2 fully saturated rings. The van der Waals surface area contributed by atoms with Crippen LogP contribution in [0.1, 0.15) is 72.0 Å². The van der Waals surface area contributed by atoms with Gasteiger partial charge in [0.05, 0.1) is 23.9 Å². The average molecular weight is 356 g/mol. The van der Waals surface area contributed by atoms with E-state index in [9.17, 15) is 8.42 Å². The van der Waals surface area contributed by atoms with E-state index in [2.05, 4.69) is 0 Å². The average Bonchev–Trinajstić information content (AvgIpc) is 3.14. The summed E-state index contributed by atoms with van der Waals surface area (Å²) < 4.78 is 35.5. The van der Waals surface area contributed by atoms with Crippen molar-refractivity contribution < 1.29 is 13.2 Å². The highest BCUT2D eigenvalue weighted by atomic mass is 32.2. The first kappa shape index (κ1) is 17.9. The zero-order valence-corrected chi connectivity index (χ0v) is 16.2. The minimum atomic E-state index is -3.64. The van der Waals surface area contributed by atoms with Gasteiger partial charge in [-0.3, -0.25) is 4.68 Å². The number of nitrogens with zero attached hydrogens (tertiary/aromatic N) is 3. The van der Waals surface area contributed by atoms with Crippen molar-refractivity contribution in [2.45, 2.75) is 82.2 Å². The van der Waals surface area contributed by atoms with Gasteiger partial charge in [0.2, 0.25) is 10.0 Å². The van der Waals surface area contributed by atoms with Crippen LogP contribution < -0.4 is 0 Å². The van der Waals surface area contributed by atoms with Crippen LogP contribution in [0, 0.1) is 0 Å². The lowest BCUT2D eigenvalue weighted by Gasteiger charge is -2.29. The molecule has 6 nitrogen and oxygen atoms in total. The number of hydrogen-bond donors (Lipinski definition) is 0. The van der Waals surface area contributed by atoms with Crippen LogP contribution in [0.25, 0.3) is 0 Å². The summed E-state index contributed by atoms with van der Waals surface area (Å²) in [7, 11) is -3.64. The van der Waals surface area contributed by atoms with Gasteiger partial charge < -0.3 is 4.74 Å². The lowest BCUT2D eigenvalue weighted by atomic mass is 9.92. The number of sulfonamides is 1. The second-order valence-corrected chi connectivity index (χ2v) is 10.5. The van der Waals surface area contributed by atoms with E-state index in [0.29, 0.717) is 23.2 Å². The lowest BCUT2D eigenvalue weighted by Crippen LogP contribution is -2.44. The Morgan fingerprint density at radius 3 is 2.38 bits per heavy atom. The summed E-state index contributed by atoms with van der Waals surface area (Å²) in [4.78, 5) is 0.334. The first-order valence-electron chi connectivity index (χ1n) is 8.74. The van der Waals surface area contributed by atoms with Crippen LogP contribution >= 0.6 is 0 Å². The maximum absolute atomic E-state index is 13.3. The highest BCUT2D eigenvalue weighted by Gasteiger charge is 2.45. The number of rotatable bonds is 3. The number of aromatic nitrogens is 2. The molecule has 2 aliphatic rings. The molecular formula is C17H29N3O3S. The van der Waals surface area contributed by atoms with Crippen LogP contribution in [0.4, 0.5) is 0 Å². The summed E-state index contributed by atoms with van der Waals surface area (Å²) in [5.41, 5.74) is -0.224. The zero-order valence-electron chi connectivity index (χ0n) is 15.4. The van der Waals surface area contributed by atoms with Gasteiger partial charge in [0.15, 0.2) is 0 Å². The predicted octanol–water partition coefficient (Wildman–Crippen LogP) is 3.05. The molecule has 0 bridgehead atoms. The van der Waals surface area contributed by atoms with Crippen LogP contribution in [0.5, 0.6) is 0 Å². The molecule has 3 rings (SSSR count). The maximum atomic E-state index is 13.3. The molecule has 0 atom stereocenters. The minimum absolute atomic E-state index is 0.105. The van der Waals surface area contributed by atoms with E-state index in [1.165, 1.54) is 17.1 Å². The van der Waals surface area contributed by atoms with E-state index >= 15 is 0 Å². The van der Waals surface area contributed by atoms with Crippen LogP contribution in [-0.2, 0) is 20.2 Å². The molecule has 1 aromatic heterocycles. The number of ether oxygens (including phenoxy) is 1. The molecule has 0 unspecified atom stereocenters. The smallest absolute Gasteiger partial charge is 0.249 e. The fourth-order valence-corrected chi connectivity index (χ4v) is 5.56. The van der Waals surface area contributed by atoms with Gasteiger partial charge in [-0.1, -0.05) is 33.6 Å². The molecule has 1 aromatic rings. The van der Waals surface area contributed by atoms with Gasteiger partial charge in [0, 0.05) is 11.6 Å². The Kier molecular flexibility index (Phi) is 4.33. The molecule has 7 heteroatoms. The second-order valence-electron chi connectivity index (χ2n) is 8.65. The Balaban J connectivity index is 2.08. The monoisotopic (exact) mass is 355 g/mol. The highest BCUT2D eigenvalue weighted by molar-refractivity contribution is 7.89. The van der Waals surface area contributed by atoms with Crippen molar-refractivity contribution in [3.8, 4) is 0 Å². The molecule has 1 saturated carbocycles. The molecule has 1 aliphatic heterocycles. The van der Waals surface area contributed by atoms with E-state index in [0.717, 1.165) is 12.8 Å². The fraction of sp³-hybridized carbons (Fsp3) is 0.824. The normalized spacial score (nSPS) is 23.2. The fourth-order valence-electron chi connectivity index (χ4n) is 3.58. The quantitative estimate of drug-likeness (QED) is 0.836. The van der Waals surface area contributed by atoms with E-state index in [-0.39, 0.29) is 12.1 Å². The Morgan fingerprint density at radius 1 is 1.25 bits per heavy atom. The standard InChI is InChI=1S/C17H29N3O3S/c1-16(2,3)15-14(10-19(18-15)13-8-6-7-9-13)24(21,22)20-12-23-11-17(20,4)5/h10,13H,6-9,11-12H2,1-5H3. The topological polar surface area (TPSA) is 64.4 Å². The van der Waals surface area contributed by atoms with E-state index in [4.69, 9.17) is 9.84 Å². The van der Waals surface area contributed by atoms with Crippen molar-refractivity contribution in [3.05, 3.63) is 11.9 Å². The van der Waals surface area contributed by atoms with Crippen molar-refractivity contribution in [1.82, 2.24) is 14.1 Å². The molecule has 0 radical (unpaired) electrons. The third-order valence-electron chi connectivity index (χ3n) is 5.01. The van der Waals surface area contributed by atoms with Crippen molar-refractivity contribution in [3.63, 3.8) is 0 Å². The van der Waals surface area contributed by atoms with Gasteiger partial charge in [-0.2, -0.15) is 9.40 Å². The summed E-state index contributed by atoms with van der Waals surface area (Å²) in [5, 5.41) is 4.72. The van der Waals surface area contributed by atoms with Crippen LogP contribution in [0.2, 0.25) is 0 Å². The second kappa shape index (κ2) is 5.81. The Morgan fingerprint density at radius 2 is 1.88 bits per heavy atom. The molecular weight excluding hydrogens is 326 g/mol. The lowest BCUT2D eigenvalue weighted by molar-refractivity contribution is 0.171. The highest BCUT2D eigenvalue weighted by Crippen LogP contribution is 2.37. The molecule has 0 aromatic carbocycles. The van der Waals surface area contributed by atoms with Crippen LogP contribution in [0.15, 0.2) is 11.1 Å².